The van der Waals surface area contributed by atoms with Gasteiger partial charge in [-0.15, -0.1) is 11.3 Å². The van der Waals surface area contributed by atoms with Crippen LogP contribution in [0.3, 0.4) is 0 Å². The molecule has 18 heavy (non-hydrogen) atoms. The topological polar surface area (TPSA) is 62.2 Å². The number of carbonyl (C=O) groups is 1. The smallest absolute Gasteiger partial charge is 0.309 e. The molecule has 0 radical (unpaired) electrons. The highest BCUT2D eigenvalue weighted by Gasteiger charge is 2.06. The molecule has 0 saturated heterocycles. The molecule has 6 heteroatoms. The van der Waals surface area contributed by atoms with E-state index >= 15 is 0 Å². The highest BCUT2D eigenvalue weighted by atomic mass is 79.9. The predicted octanol–water partition coefficient (Wildman–Crippen LogP) is 3.58. The van der Waals surface area contributed by atoms with Crippen LogP contribution >= 0.6 is 27.3 Å². The Balaban J connectivity index is 2.13. The fourth-order valence-corrected chi connectivity index (χ4v) is 2.87. The number of anilines is 2. The van der Waals surface area contributed by atoms with E-state index in [0.717, 1.165) is 15.7 Å². The van der Waals surface area contributed by atoms with Crippen molar-refractivity contribution in [1.82, 2.24) is 4.98 Å². The Labute approximate surface area is 117 Å². The van der Waals surface area contributed by atoms with Crippen molar-refractivity contribution in [2.45, 2.75) is 13.3 Å². The van der Waals surface area contributed by atoms with Gasteiger partial charge in [-0.05, 0) is 30.7 Å². The Kier molecular flexibility index (Phi) is 3.98. The Morgan fingerprint density at radius 2 is 2.28 bits per heavy atom. The van der Waals surface area contributed by atoms with E-state index in [2.05, 4.69) is 26.2 Å². The minimum absolute atomic E-state index is 0.0459. The number of aryl methyl sites for hydroxylation is 1. The summed E-state index contributed by atoms with van der Waals surface area (Å²) in [7, 11) is 0. The number of thiazole rings is 1. The van der Waals surface area contributed by atoms with E-state index in [0.29, 0.717) is 10.8 Å². The summed E-state index contributed by atoms with van der Waals surface area (Å²) in [6.07, 6.45) is -0.0459. The minimum Gasteiger partial charge on any atom is -0.481 e. The third kappa shape index (κ3) is 3.54. The third-order valence-corrected chi connectivity index (χ3v) is 3.44. The molecule has 0 fully saturated rings. The fraction of sp³-hybridized carbons (Fsp3) is 0.167. The molecule has 2 N–H and O–H groups in total. The van der Waals surface area contributed by atoms with Gasteiger partial charge < -0.3 is 10.4 Å². The number of nitrogens with zero attached hydrogens (tertiary/aromatic N) is 1. The van der Waals surface area contributed by atoms with Crippen molar-refractivity contribution in [3.8, 4) is 0 Å². The van der Waals surface area contributed by atoms with E-state index in [1.54, 1.807) is 5.38 Å². The second-order valence-corrected chi connectivity index (χ2v) is 5.63. The van der Waals surface area contributed by atoms with Crippen molar-refractivity contribution in [2.75, 3.05) is 5.32 Å². The molecule has 0 spiro atoms. The molecular formula is C12H11BrN2O2S. The van der Waals surface area contributed by atoms with Gasteiger partial charge in [-0.1, -0.05) is 15.9 Å². The lowest BCUT2D eigenvalue weighted by molar-refractivity contribution is -0.136. The molecule has 0 aliphatic carbocycles. The fourth-order valence-electron chi connectivity index (χ4n) is 1.53. The van der Waals surface area contributed by atoms with Crippen LogP contribution in [0.2, 0.25) is 0 Å². The largest absolute Gasteiger partial charge is 0.481 e. The van der Waals surface area contributed by atoms with E-state index < -0.39 is 5.97 Å². The number of aliphatic carboxylic acids is 1. The Morgan fingerprint density at radius 1 is 1.50 bits per heavy atom. The van der Waals surface area contributed by atoms with E-state index in [1.165, 1.54) is 11.3 Å². The molecule has 4 nitrogen and oxygen atoms in total. The second-order valence-electron chi connectivity index (χ2n) is 3.86. The molecule has 2 aromatic rings. The molecular weight excluding hydrogens is 316 g/mol. The molecule has 0 unspecified atom stereocenters. The molecule has 0 aliphatic heterocycles. The molecule has 0 atom stereocenters. The lowest BCUT2D eigenvalue weighted by Crippen LogP contribution is -2.00. The summed E-state index contributed by atoms with van der Waals surface area (Å²) in [6, 6.07) is 5.97. The van der Waals surface area contributed by atoms with Gasteiger partial charge in [-0.3, -0.25) is 4.79 Å². The van der Waals surface area contributed by atoms with Crippen LogP contribution in [0.4, 0.5) is 10.8 Å². The maximum Gasteiger partial charge on any atom is 0.309 e. The third-order valence-electron chi connectivity index (χ3n) is 2.18. The van der Waals surface area contributed by atoms with Gasteiger partial charge in [0.05, 0.1) is 12.1 Å². The first kappa shape index (κ1) is 13.0. The van der Waals surface area contributed by atoms with Gasteiger partial charge in [-0.2, -0.15) is 0 Å². The van der Waals surface area contributed by atoms with Crippen molar-refractivity contribution in [3.05, 3.63) is 39.3 Å². The first-order valence-electron chi connectivity index (χ1n) is 5.23. The molecule has 94 valence electrons. The van der Waals surface area contributed by atoms with Crippen LogP contribution in [0.1, 0.15) is 11.3 Å². The molecule has 0 bridgehead atoms. The molecule has 2 rings (SSSR count). The van der Waals surface area contributed by atoms with Crippen LogP contribution in [-0.4, -0.2) is 16.1 Å². The SMILES string of the molecule is Cc1cc(Br)cc(Nc2nc(CC(=O)O)cs2)c1. The maximum absolute atomic E-state index is 10.6. The quantitative estimate of drug-likeness (QED) is 0.901. The zero-order valence-electron chi connectivity index (χ0n) is 9.61. The normalized spacial score (nSPS) is 10.3. The molecule has 1 aromatic heterocycles. The van der Waals surface area contributed by atoms with Crippen LogP contribution < -0.4 is 5.32 Å². The van der Waals surface area contributed by atoms with Gasteiger partial charge in [-0.25, -0.2) is 4.98 Å². The lowest BCUT2D eigenvalue weighted by atomic mass is 10.2. The Hall–Kier alpha value is -1.40. The Bertz CT molecular complexity index is 563. The number of carboxylic acid groups (broad SMARTS) is 1. The van der Waals surface area contributed by atoms with Crippen molar-refractivity contribution in [2.24, 2.45) is 0 Å². The average molecular weight is 327 g/mol. The van der Waals surface area contributed by atoms with Crippen molar-refractivity contribution in [1.29, 1.82) is 0 Å². The molecule has 0 saturated carbocycles. The van der Waals surface area contributed by atoms with Crippen molar-refractivity contribution >= 4 is 44.1 Å². The number of rotatable bonds is 4. The van der Waals surface area contributed by atoms with Crippen LogP contribution in [0.25, 0.3) is 0 Å². The van der Waals surface area contributed by atoms with Gasteiger partial charge in [0.2, 0.25) is 0 Å². The number of halogens is 1. The van der Waals surface area contributed by atoms with E-state index in [4.69, 9.17) is 5.11 Å². The number of hydrogen-bond acceptors (Lipinski definition) is 4. The van der Waals surface area contributed by atoms with Gasteiger partial charge >= 0.3 is 5.97 Å². The molecule has 1 aromatic carbocycles. The number of benzene rings is 1. The van der Waals surface area contributed by atoms with Crippen LogP contribution in [-0.2, 0) is 11.2 Å². The van der Waals surface area contributed by atoms with Gasteiger partial charge in [0, 0.05) is 15.5 Å². The number of aromatic nitrogens is 1. The monoisotopic (exact) mass is 326 g/mol. The summed E-state index contributed by atoms with van der Waals surface area (Å²) < 4.78 is 0.993. The lowest BCUT2D eigenvalue weighted by Gasteiger charge is -2.04. The van der Waals surface area contributed by atoms with Crippen molar-refractivity contribution < 1.29 is 9.90 Å². The molecule has 1 heterocycles. The zero-order chi connectivity index (χ0) is 13.1. The maximum atomic E-state index is 10.6. The predicted molar refractivity (Wildman–Crippen MR) is 75.6 cm³/mol. The van der Waals surface area contributed by atoms with Crippen LogP contribution in [0.15, 0.2) is 28.1 Å². The summed E-state index contributed by atoms with van der Waals surface area (Å²) in [6.45, 7) is 2.01. The second kappa shape index (κ2) is 5.49. The van der Waals surface area contributed by atoms with E-state index in [-0.39, 0.29) is 6.42 Å². The van der Waals surface area contributed by atoms with Gasteiger partial charge in [0.1, 0.15) is 0 Å². The Morgan fingerprint density at radius 3 is 2.94 bits per heavy atom. The summed E-state index contributed by atoms with van der Waals surface area (Å²) in [5.41, 5.74) is 2.63. The highest BCUT2D eigenvalue weighted by Crippen LogP contribution is 2.24. The summed E-state index contributed by atoms with van der Waals surface area (Å²) in [5.74, 6) is -0.870. The summed E-state index contributed by atoms with van der Waals surface area (Å²) >= 11 is 4.83. The van der Waals surface area contributed by atoms with Crippen LogP contribution in [0.5, 0.6) is 0 Å². The minimum atomic E-state index is -0.870. The number of carboxylic acids is 1. The number of hydrogen-bond donors (Lipinski definition) is 2. The zero-order valence-corrected chi connectivity index (χ0v) is 12.0. The molecule has 0 amide bonds. The van der Waals surface area contributed by atoms with Crippen molar-refractivity contribution in [3.63, 3.8) is 0 Å². The average Bonchev–Trinajstić information content (AvgIpc) is 2.62. The standard InChI is InChI=1S/C12H11BrN2O2S/c1-7-2-8(13)4-9(3-7)14-12-15-10(6-18-12)5-11(16)17/h2-4,6H,5H2,1H3,(H,14,15)(H,16,17). The summed E-state index contributed by atoms with van der Waals surface area (Å²) in [4.78, 5) is 14.8. The van der Waals surface area contributed by atoms with E-state index in [1.807, 2.05) is 25.1 Å². The molecule has 0 aliphatic rings. The van der Waals surface area contributed by atoms with Gasteiger partial charge in [0.25, 0.3) is 0 Å². The summed E-state index contributed by atoms with van der Waals surface area (Å²) in [5, 5.41) is 14.3. The first-order chi connectivity index (χ1) is 8.52. The number of nitrogens with one attached hydrogen (secondary N) is 1. The highest BCUT2D eigenvalue weighted by molar-refractivity contribution is 9.10. The van der Waals surface area contributed by atoms with E-state index in [9.17, 15) is 4.79 Å². The van der Waals surface area contributed by atoms with Crippen LogP contribution in [0, 0.1) is 6.92 Å². The van der Waals surface area contributed by atoms with Gasteiger partial charge in [0.15, 0.2) is 5.13 Å². The first-order valence-corrected chi connectivity index (χ1v) is 6.90.